The summed E-state index contributed by atoms with van der Waals surface area (Å²) in [6, 6.07) is 6.31. The molecule has 1 saturated heterocycles. The molecule has 2 N–H and O–H groups in total. The summed E-state index contributed by atoms with van der Waals surface area (Å²) in [5.74, 6) is 0.175. The number of benzene rings is 1. The molecule has 4 rings (SSSR count). The van der Waals surface area contributed by atoms with Crippen LogP contribution in [0.1, 0.15) is 36.1 Å². The fourth-order valence-electron chi connectivity index (χ4n) is 3.96. The van der Waals surface area contributed by atoms with Crippen molar-refractivity contribution < 1.29 is 9.90 Å². The molecule has 0 bridgehead atoms. The molecule has 1 atom stereocenters. The van der Waals surface area contributed by atoms with Crippen LogP contribution in [0.3, 0.4) is 0 Å². The third-order valence-electron chi connectivity index (χ3n) is 5.34. The van der Waals surface area contributed by atoms with E-state index in [1.165, 1.54) is 11.1 Å². The number of hydrogen-bond acceptors (Lipinski definition) is 5. The molecule has 3 heterocycles. The van der Waals surface area contributed by atoms with Crippen molar-refractivity contribution in [1.29, 1.82) is 0 Å². The number of hydrogen-bond donors (Lipinski definition) is 2. The molecule has 0 spiro atoms. The highest BCUT2D eigenvalue weighted by Crippen LogP contribution is 2.32. The highest BCUT2D eigenvalue weighted by Gasteiger charge is 2.37. The molecule has 0 aliphatic carbocycles. The summed E-state index contributed by atoms with van der Waals surface area (Å²) < 4.78 is 0. The smallest absolute Gasteiger partial charge is 0.227 e. The standard InChI is InChI=1S/C18H23N5O2/c1-22-15-5-3-13(9-14(15)4-6-17(22)24)11-23-8-2-7-18(25,12-23)16-10-19-21-20-16/h3,5,9-10,25H,2,4,6-8,11-12H2,1H3,(H,19,20,21). The highest BCUT2D eigenvalue weighted by atomic mass is 16.3. The number of β-amino-alcohol motifs (C(OH)–C–C–N with tert-alkyl or cyclic N) is 1. The zero-order valence-electron chi connectivity index (χ0n) is 14.4. The van der Waals surface area contributed by atoms with Gasteiger partial charge < -0.3 is 10.0 Å². The molecule has 2 aliphatic rings. The fraction of sp³-hybridized carbons (Fsp3) is 0.500. The molecule has 1 amide bonds. The molecule has 1 aromatic heterocycles. The highest BCUT2D eigenvalue weighted by molar-refractivity contribution is 5.95. The van der Waals surface area contributed by atoms with Crippen molar-refractivity contribution in [3.63, 3.8) is 0 Å². The first-order valence-corrected chi connectivity index (χ1v) is 8.74. The van der Waals surface area contributed by atoms with Gasteiger partial charge in [0, 0.05) is 32.2 Å². The number of nitrogens with zero attached hydrogens (tertiary/aromatic N) is 4. The first kappa shape index (κ1) is 16.2. The van der Waals surface area contributed by atoms with E-state index in [4.69, 9.17) is 0 Å². The van der Waals surface area contributed by atoms with E-state index in [9.17, 15) is 9.90 Å². The predicted molar refractivity (Wildman–Crippen MR) is 93.0 cm³/mol. The maximum atomic E-state index is 11.8. The Bertz CT molecular complexity index is 776. The van der Waals surface area contributed by atoms with Crippen LogP contribution in [-0.2, 0) is 23.4 Å². The summed E-state index contributed by atoms with van der Waals surface area (Å²) in [6.45, 7) is 2.29. The normalized spacial score (nSPS) is 24.4. The molecule has 25 heavy (non-hydrogen) atoms. The maximum Gasteiger partial charge on any atom is 0.227 e. The van der Waals surface area contributed by atoms with E-state index in [1.54, 1.807) is 11.1 Å². The fourth-order valence-corrected chi connectivity index (χ4v) is 3.96. The lowest BCUT2D eigenvalue weighted by Gasteiger charge is -2.38. The number of aromatic amines is 1. The number of rotatable bonds is 3. The van der Waals surface area contributed by atoms with E-state index < -0.39 is 5.60 Å². The molecule has 1 fully saturated rings. The van der Waals surface area contributed by atoms with Crippen molar-refractivity contribution in [2.75, 3.05) is 25.0 Å². The lowest BCUT2D eigenvalue weighted by atomic mass is 9.89. The molecule has 0 saturated carbocycles. The Kier molecular flexibility index (Phi) is 4.05. The number of fused-ring (bicyclic) bond motifs is 1. The summed E-state index contributed by atoms with van der Waals surface area (Å²) in [5, 5.41) is 21.4. The van der Waals surface area contributed by atoms with Gasteiger partial charge in [-0.25, -0.2) is 0 Å². The van der Waals surface area contributed by atoms with Crippen molar-refractivity contribution in [2.45, 2.75) is 37.8 Å². The Morgan fingerprint density at radius 1 is 1.36 bits per heavy atom. The number of carbonyl (C=O) groups excluding carboxylic acids is 1. The number of nitrogens with one attached hydrogen (secondary N) is 1. The van der Waals surface area contributed by atoms with Gasteiger partial charge in [-0.05, 0) is 43.0 Å². The van der Waals surface area contributed by atoms with Crippen LogP contribution in [0, 0.1) is 0 Å². The lowest BCUT2D eigenvalue weighted by molar-refractivity contribution is -0.118. The minimum Gasteiger partial charge on any atom is -0.382 e. The van der Waals surface area contributed by atoms with Crippen LogP contribution in [0.5, 0.6) is 0 Å². The molecule has 1 unspecified atom stereocenters. The third-order valence-corrected chi connectivity index (χ3v) is 5.34. The number of H-pyrrole nitrogens is 1. The van der Waals surface area contributed by atoms with E-state index in [0.717, 1.165) is 31.6 Å². The number of carbonyl (C=O) groups is 1. The largest absolute Gasteiger partial charge is 0.382 e. The number of piperidine rings is 1. The Balaban J connectivity index is 1.50. The van der Waals surface area contributed by atoms with Crippen LogP contribution in [0.15, 0.2) is 24.4 Å². The maximum absolute atomic E-state index is 11.8. The van der Waals surface area contributed by atoms with E-state index in [-0.39, 0.29) is 5.91 Å². The summed E-state index contributed by atoms with van der Waals surface area (Å²) >= 11 is 0. The van der Waals surface area contributed by atoms with Crippen LogP contribution < -0.4 is 4.90 Å². The van der Waals surface area contributed by atoms with E-state index in [0.29, 0.717) is 25.1 Å². The first-order chi connectivity index (χ1) is 12.0. The second-order valence-corrected chi connectivity index (χ2v) is 7.12. The Morgan fingerprint density at radius 2 is 2.24 bits per heavy atom. The van der Waals surface area contributed by atoms with Crippen LogP contribution in [0.4, 0.5) is 5.69 Å². The van der Waals surface area contributed by atoms with Crippen LogP contribution >= 0.6 is 0 Å². The number of amides is 1. The SMILES string of the molecule is CN1C(=O)CCc2cc(CN3CCCC(O)(c4cn[nH]n4)C3)ccc21. The molecule has 2 aliphatic heterocycles. The van der Waals surface area contributed by atoms with Crippen LogP contribution in [0.25, 0.3) is 0 Å². The summed E-state index contributed by atoms with van der Waals surface area (Å²) in [7, 11) is 1.84. The Morgan fingerprint density at radius 3 is 3.04 bits per heavy atom. The number of aromatic nitrogens is 3. The Labute approximate surface area is 146 Å². The molecule has 0 radical (unpaired) electrons. The van der Waals surface area contributed by atoms with Gasteiger partial charge in [-0.2, -0.15) is 15.4 Å². The number of aliphatic hydroxyl groups is 1. The molecule has 2 aromatic rings. The summed E-state index contributed by atoms with van der Waals surface area (Å²) in [5.41, 5.74) is 3.13. The average molecular weight is 341 g/mol. The van der Waals surface area contributed by atoms with Gasteiger partial charge in [0.05, 0.1) is 6.20 Å². The molecule has 7 nitrogen and oxygen atoms in total. The quantitative estimate of drug-likeness (QED) is 0.876. The topological polar surface area (TPSA) is 85.4 Å². The third kappa shape index (κ3) is 3.05. The molecule has 1 aromatic carbocycles. The molecular weight excluding hydrogens is 318 g/mol. The monoisotopic (exact) mass is 341 g/mol. The zero-order valence-corrected chi connectivity index (χ0v) is 14.4. The van der Waals surface area contributed by atoms with Crippen molar-refractivity contribution >= 4 is 11.6 Å². The van der Waals surface area contributed by atoms with Crippen molar-refractivity contribution in [1.82, 2.24) is 20.3 Å². The molecular formula is C18H23N5O2. The van der Waals surface area contributed by atoms with Gasteiger partial charge in [0.2, 0.25) is 5.91 Å². The van der Waals surface area contributed by atoms with Gasteiger partial charge in [-0.3, -0.25) is 9.69 Å². The minimum absolute atomic E-state index is 0.175. The van der Waals surface area contributed by atoms with Gasteiger partial charge in [0.1, 0.15) is 11.3 Å². The second kappa shape index (κ2) is 6.24. The van der Waals surface area contributed by atoms with Gasteiger partial charge >= 0.3 is 0 Å². The summed E-state index contributed by atoms with van der Waals surface area (Å²) in [6.07, 6.45) is 4.60. The van der Waals surface area contributed by atoms with Gasteiger partial charge in [0.15, 0.2) is 0 Å². The molecule has 132 valence electrons. The van der Waals surface area contributed by atoms with Crippen LogP contribution in [0.2, 0.25) is 0 Å². The van der Waals surface area contributed by atoms with Crippen LogP contribution in [-0.4, -0.2) is 51.5 Å². The summed E-state index contributed by atoms with van der Waals surface area (Å²) in [4.78, 5) is 15.8. The first-order valence-electron chi connectivity index (χ1n) is 8.74. The van der Waals surface area contributed by atoms with E-state index >= 15 is 0 Å². The lowest BCUT2D eigenvalue weighted by Crippen LogP contribution is -2.45. The number of anilines is 1. The van der Waals surface area contributed by atoms with E-state index in [2.05, 4.69) is 32.4 Å². The van der Waals surface area contributed by atoms with Gasteiger partial charge in [-0.1, -0.05) is 12.1 Å². The number of aryl methyl sites for hydroxylation is 1. The molecule has 7 heteroatoms. The van der Waals surface area contributed by atoms with Crippen molar-refractivity contribution in [2.24, 2.45) is 0 Å². The predicted octanol–water partition coefficient (Wildman–Crippen LogP) is 1.20. The van der Waals surface area contributed by atoms with Crippen molar-refractivity contribution in [3.8, 4) is 0 Å². The van der Waals surface area contributed by atoms with Gasteiger partial charge in [-0.15, -0.1) is 0 Å². The second-order valence-electron chi connectivity index (χ2n) is 7.12. The average Bonchev–Trinajstić information content (AvgIpc) is 3.14. The minimum atomic E-state index is -0.938. The zero-order chi connectivity index (χ0) is 17.4. The Hall–Kier alpha value is -2.25. The number of likely N-dealkylation sites (tertiary alicyclic amines) is 1. The van der Waals surface area contributed by atoms with Crippen molar-refractivity contribution in [3.05, 3.63) is 41.2 Å². The van der Waals surface area contributed by atoms with Gasteiger partial charge in [0.25, 0.3) is 0 Å². The van der Waals surface area contributed by atoms with E-state index in [1.807, 2.05) is 13.1 Å².